The largest absolute Gasteiger partial charge is 0.468 e. The lowest BCUT2D eigenvalue weighted by Gasteiger charge is -2.14. The number of hydrogen-bond acceptors (Lipinski definition) is 6. The maximum absolute atomic E-state index is 10.8. The predicted octanol–water partition coefficient (Wildman–Crippen LogP) is -0.193. The zero-order valence-electron chi connectivity index (χ0n) is 10.9. The summed E-state index contributed by atoms with van der Waals surface area (Å²) in [6.07, 6.45) is 0.687. The zero-order chi connectivity index (χ0) is 13.5. The predicted molar refractivity (Wildman–Crippen MR) is 63.3 cm³/mol. The third-order valence-corrected chi connectivity index (χ3v) is 2.05. The molecule has 1 fully saturated rings. The molecule has 0 aromatic carbocycles. The van der Waals surface area contributed by atoms with Gasteiger partial charge in [-0.1, -0.05) is 0 Å². The van der Waals surface area contributed by atoms with Crippen molar-refractivity contribution >= 4 is 12.4 Å². The SMILES string of the molecule is CC(C)(C)OC=O.COC(=O)[C@@H]1CC(N)CN1. The lowest BCUT2D eigenvalue weighted by molar-refractivity contribution is -0.142. The topological polar surface area (TPSA) is 90.7 Å². The summed E-state index contributed by atoms with van der Waals surface area (Å²) in [4.78, 5) is 20.4. The number of esters is 1. The molecule has 3 N–H and O–H groups in total. The molecular weight excluding hydrogens is 224 g/mol. The summed E-state index contributed by atoms with van der Waals surface area (Å²) in [5.74, 6) is -0.215. The van der Waals surface area contributed by atoms with Crippen LogP contribution in [0.5, 0.6) is 0 Å². The fraction of sp³-hybridized carbons (Fsp3) is 0.818. The van der Waals surface area contributed by atoms with Gasteiger partial charge in [-0.25, -0.2) is 0 Å². The molecule has 1 aliphatic rings. The van der Waals surface area contributed by atoms with Crippen molar-refractivity contribution in [1.29, 1.82) is 0 Å². The van der Waals surface area contributed by atoms with Crippen LogP contribution in [-0.2, 0) is 19.1 Å². The third kappa shape index (κ3) is 7.70. The van der Waals surface area contributed by atoms with Gasteiger partial charge in [0, 0.05) is 12.6 Å². The summed E-state index contributed by atoms with van der Waals surface area (Å²) in [5, 5.41) is 2.96. The van der Waals surface area contributed by atoms with Crippen LogP contribution < -0.4 is 11.1 Å². The van der Waals surface area contributed by atoms with Gasteiger partial charge in [0.2, 0.25) is 0 Å². The van der Waals surface area contributed by atoms with Gasteiger partial charge < -0.3 is 20.5 Å². The van der Waals surface area contributed by atoms with Gasteiger partial charge in [0.15, 0.2) is 0 Å². The number of nitrogens with two attached hydrogens (primary N) is 1. The van der Waals surface area contributed by atoms with Gasteiger partial charge >= 0.3 is 5.97 Å². The Morgan fingerprint density at radius 2 is 2.06 bits per heavy atom. The minimum Gasteiger partial charge on any atom is -0.468 e. The van der Waals surface area contributed by atoms with Crippen LogP contribution in [0.3, 0.4) is 0 Å². The molecule has 1 aliphatic heterocycles. The van der Waals surface area contributed by atoms with Crippen LogP contribution in [0, 0.1) is 0 Å². The normalized spacial score (nSPS) is 23.4. The molecule has 0 radical (unpaired) electrons. The average molecular weight is 246 g/mol. The fourth-order valence-electron chi connectivity index (χ4n) is 1.23. The van der Waals surface area contributed by atoms with Crippen LogP contribution >= 0.6 is 0 Å². The van der Waals surface area contributed by atoms with Gasteiger partial charge in [-0.3, -0.25) is 9.59 Å². The Hall–Kier alpha value is -1.14. The van der Waals surface area contributed by atoms with E-state index in [0.717, 1.165) is 0 Å². The second-order valence-corrected chi connectivity index (χ2v) is 4.81. The first-order valence-electron chi connectivity index (χ1n) is 5.48. The molecule has 1 unspecified atom stereocenters. The van der Waals surface area contributed by atoms with Crippen molar-refractivity contribution in [2.24, 2.45) is 5.73 Å². The highest BCUT2D eigenvalue weighted by atomic mass is 16.5. The molecule has 17 heavy (non-hydrogen) atoms. The molecule has 100 valence electrons. The van der Waals surface area contributed by atoms with E-state index in [1.54, 1.807) is 0 Å². The minimum absolute atomic E-state index is 0.101. The molecule has 0 amide bonds. The molecule has 1 saturated heterocycles. The second kappa shape index (κ2) is 7.24. The number of carbonyl (C=O) groups excluding carboxylic acids is 2. The van der Waals surface area contributed by atoms with E-state index in [9.17, 15) is 9.59 Å². The molecule has 1 rings (SSSR count). The van der Waals surface area contributed by atoms with Crippen molar-refractivity contribution in [3.63, 3.8) is 0 Å². The number of rotatable bonds is 2. The van der Waals surface area contributed by atoms with E-state index in [4.69, 9.17) is 5.73 Å². The molecule has 0 spiro atoms. The van der Waals surface area contributed by atoms with Crippen molar-refractivity contribution in [2.45, 2.75) is 44.9 Å². The summed E-state index contributed by atoms with van der Waals surface area (Å²) in [7, 11) is 1.38. The fourth-order valence-corrected chi connectivity index (χ4v) is 1.23. The standard InChI is InChI=1S/C6H12N2O2.C5H10O2/c1-10-6(9)5-2-4(7)3-8-5;1-5(2,3)7-4-6/h4-5,8H,2-3,7H2,1H3;4H,1-3H3/t4?,5-;/m0./s1. The molecule has 6 nitrogen and oxygen atoms in total. The van der Waals surface area contributed by atoms with Crippen LogP contribution in [0.4, 0.5) is 0 Å². The summed E-state index contributed by atoms with van der Waals surface area (Å²) in [5.41, 5.74) is 5.23. The number of nitrogens with one attached hydrogen (secondary N) is 1. The quantitative estimate of drug-likeness (QED) is 0.518. The maximum Gasteiger partial charge on any atom is 0.322 e. The molecule has 6 heteroatoms. The molecule has 1 heterocycles. The molecule has 2 atom stereocenters. The van der Waals surface area contributed by atoms with E-state index in [2.05, 4.69) is 14.8 Å². The minimum atomic E-state index is -0.318. The van der Waals surface area contributed by atoms with Gasteiger partial charge in [-0.15, -0.1) is 0 Å². The summed E-state index contributed by atoms with van der Waals surface area (Å²) < 4.78 is 9.07. The van der Waals surface area contributed by atoms with E-state index < -0.39 is 0 Å². The van der Waals surface area contributed by atoms with E-state index in [1.165, 1.54) is 7.11 Å². The number of ether oxygens (including phenoxy) is 2. The Morgan fingerprint density at radius 1 is 1.47 bits per heavy atom. The first-order chi connectivity index (χ1) is 7.80. The van der Waals surface area contributed by atoms with Crippen LogP contribution in [0.15, 0.2) is 0 Å². The van der Waals surface area contributed by atoms with Gasteiger partial charge in [0.05, 0.1) is 7.11 Å². The molecular formula is C11H22N2O4. The van der Waals surface area contributed by atoms with Crippen molar-refractivity contribution in [2.75, 3.05) is 13.7 Å². The van der Waals surface area contributed by atoms with Crippen molar-refractivity contribution in [3.8, 4) is 0 Å². The lowest BCUT2D eigenvalue weighted by atomic mass is 10.2. The smallest absolute Gasteiger partial charge is 0.322 e. The van der Waals surface area contributed by atoms with E-state index >= 15 is 0 Å². The van der Waals surface area contributed by atoms with Gasteiger partial charge in [-0.2, -0.15) is 0 Å². The maximum atomic E-state index is 10.8. The molecule has 0 aromatic heterocycles. The van der Waals surface area contributed by atoms with Crippen LogP contribution in [0.1, 0.15) is 27.2 Å². The molecule has 0 saturated carbocycles. The summed E-state index contributed by atoms with van der Waals surface area (Å²) in [6.45, 7) is 6.63. The van der Waals surface area contributed by atoms with Crippen molar-refractivity contribution in [1.82, 2.24) is 5.32 Å². The molecule has 0 aromatic rings. The number of carbonyl (C=O) groups is 2. The van der Waals surface area contributed by atoms with E-state index in [1.807, 2.05) is 20.8 Å². The van der Waals surface area contributed by atoms with E-state index in [0.29, 0.717) is 19.4 Å². The van der Waals surface area contributed by atoms with Gasteiger partial charge in [0.25, 0.3) is 6.47 Å². The van der Waals surface area contributed by atoms with Crippen molar-refractivity contribution < 1.29 is 19.1 Å². The molecule has 0 bridgehead atoms. The third-order valence-electron chi connectivity index (χ3n) is 2.05. The Balaban J connectivity index is 0.000000325. The Morgan fingerprint density at radius 3 is 2.29 bits per heavy atom. The number of methoxy groups -OCH3 is 1. The highest BCUT2D eigenvalue weighted by Gasteiger charge is 2.27. The van der Waals surface area contributed by atoms with Crippen LogP contribution in [-0.4, -0.2) is 43.8 Å². The Bertz CT molecular complexity index is 250. The Kier molecular flexibility index (Phi) is 6.75. The highest BCUT2D eigenvalue weighted by molar-refractivity contribution is 5.76. The average Bonchev–Trinajstić information content (AvgIpc) is 2.63. The van der Waals surface area contributed by atoms with Crippen LogP contribution in [0.2, 0.25) is 0 Å². The van der Waals surface area contributed by atoms with Crippen molar-refractivity contribution in [3.05, 3.63) is 0 Å². The first-order valence-corrected chi connectivity index (χ1v) is 5.48. The first kappa shape index (κ1) is 15.9. The second-order valence-electron chi connectivity index (χ2n) is 4.81. The van der Waals surface area contributed by atoms with Gasteiger partial charge in [0.1, 0.15) is 11.6 Å². The molecule has 0 aliphatic carbocycles. The highest BCUT2D eigenvalue weighted by Crippen LogP contribution is 2.05. The zero-order valence-corrected chi connectivity index (χ0v) is 10.9. The number of hydrogen-bond donors (Lipinski definition) is 2. The summed E-state index contributed by atoms with van der Waals surface area (Å²) >= 11 is 0. The summed E-state index contributed by atoms with van der Waals surface area (Å²) in [6, 6.07) is -0.0795. The van der Waals surface area contributed by atoms with Gasteiger partial charge in [-0.05, 0) is 27.2 Å². The Labute approximate surface area is 102 Å². The monoisotopic (exact) mass is 246 g/mol. The van der Waals surface area contributed by atoms with E-state index in [-0.39, 0.29) is 23.7 Å². The van der Waals surface area contributed by atoms with Crippen LogP contribution in [0.25, 0.3) is 0 Å². The lowest BCUT2D eigenvalue weighted by Crippen LogP contribution is -2.31.